The highest BCUT2D eigenvalue weighted by molar-refractivity contribution is 6.01. The van der Waals surface area contributed by atoms with Crippen LogP contribution in [0.1, 0.15) is 31.4 Å². The molecule has 0 spiro atoms. The summed E-state index contributed by atoms with van der Waals surface area (Å²) in [4.78, 5) is 41.7. The highest BCUT2D eigenvalue weighted by Gasteiger charge is 2.42. The molecule has 4 amide bonds. The van der Waals surface area contributed by atoms with Crippen molar-refractivity contribution in [2.24, 2.45) is 5.92 Å². The van der Waals surface area contributed by atoms with Gasteiger partial charge in [-0.2, -0.15) is 0 Å². The minimum Gasteiger partial charge on any atom is -0.349 e. The molecule has 0 bridgehead atoms. The Morgan fingerprint density at radius 1 is 1.30 bits per heavy atom. The molecule has 0 radical (unpaired) electrons. The van der Waals surface area contributed by atoms with Gasteiger partial charge in [-0.3, -0.25) is 19.5 Å². The summed E-state index contributed by atoms with van der Waals surface area (Å²) < 4.78 is 0. The predicted octanol–water partition coefficient (Wildman–Crippen LogP) is 0.808. The van der Waals surface area contributed by atoms with Crippen LogP contribution in [-0.4, -0.2) is 40.3 Å². The molecular weight excluding hydrogens is 296 g/mol. The molecule has 2 fully saturated rings. The molecule has 1 aliphatic carbocycles. The smallest absolute Gasteiger partial charge is 0.324 e. The molecule has 122 valence electrons. The lowest BCUT2D eigenvalue weighted by molar-refractivity contribution is -0.139. The molecule has 1 aliphatic heterocycles. The fourth-order valence-corrected chi connectivity index (χ4v) is 3.18. The Balaban J connectivity index is 1.57. The first-order chi connectivity index (χ1) is 11.1. The topological polar surface area (TPSA) is 91.4 Å². The van der Waals surface area contributed by atoms with Crippen molar-refractivity contribution in [3.63, 3.8) is 0 Å². The van der Waals surface area contributed by atoms with Gasteiger partial charge in [-0.25, -0.2) is 4.79 Å². The van der Waals surface area contributed by atoms with E-state index in [1.807, 2.05) is 6.07 Å². The van der Waals surface area contributed by atoms with Crippen molar-refractivity contribution in [3.8, 4) is 0 Å². The van der Waals surface area contributed by atoms with Crippen molar-refractivity contribution in [1.29, 1.82) is 0 Å². The van der Waals surface area contributed by atoms with Gasteiger partial charge in [0.25, 0.3) is 0 Å². The van der Waals surface area contributed by atoms with Crippen LogP contribution in [-0.2, 0) is 16.1 Å². The zero-order valence-corrected chi connectivity index (χ0v) is 12.8. The van der Waals surface area contributed by atoms with Gasteiger partial charge in [-0.15, -0.1) is 0 Å². The van der Waals surface area contributed by atoms with E-state index < -0.39 is 6.03 Å². The van der Waals surface area contributed by atoms with E-state index in [1.54, 1.807) is 18.3 Å². The van der Waals surface area contributed by atoms with Gasteiger partial charge in [0.15, 0.2) is 0 Å². The molecule has 23 heavy (non-hydrogen) atoms. The molecule has 2 aliphatic rings. The third-order valence-corrected chi connectivity index (χ3v) is 4.40. The molecule has 0 aromatic carbocycles. The van der Waals surface area contributed by atoms with Gasteiger partial charge in [-0.1, -0.05) is 18.9 Å². The van der Waals surface area contributed by atoms with Gasteiger partial charge >= 0.3 is 6.03 Å². The number of amides is 4. The molecule has 2 atom stereocenters. The van der Waals surface area contributed by atoms with Crippen LogP contribution < -0.4 is 10.6 Å². The molecule has 2 N–H and O–H groups in total. The summed E-state index contributed by atoms with van der Waals surface area (Å²) in [5.74, 6) is -0.787. The zero-order valence-electron chi connectivity index (χ0n) is 12.8. The number of rotatable bonds is 4. The number of fused-ring (bicyclic) bond motifs is 1. The molecule has 1 saturated carbocycles. The molecule has 1 aromatic heterocycles. The van der Waals surface area contributed by atoms with E-state index in [1.165, 1.54) is 0 Å². The Bertz CT molecular complexity index is 605. The number of carbonyl (C=O) groups excluding carboxylic acids is 3. The van der Waals surface area contributed by atoms with Gasteiger partial charge in [0.1, 0.15) is 6.54 Å². The van der Waals surface area contributed by atoms with Gasteiger partial charge in [0.05, 0.1) is 18.2 Å². The normalized spacial score (nSPS) is 23.9. The summed E-state index contributed by atoms with van der Waals surface area (Å²) in [5, 5.41) is 5.54. The third-order valence-electron chi connectivity index (χ3n) is 4.40. The number of carbonyl (C=O) groups is 3. The van der Waals surface area contributed by atoms with Gasteiger partial charge in [0.2, 0.25) is 11.8 Å². The number of hydrogen-bond acceptors (Lipinski definition) is 4. The van der Waals surface area contributed by atoms with Crippen molar-refractivity contribution < 1.29 is 14.4 Å². The Hall–Kier alpha value is -2.44. The number of nitrogens with one attached hydrogen (secondary N) is 2. The van der Waals surface area contributed by atoms with Gasteiger partial charge in [0, 0.05) is 12.2 Å². The average molecular weight is 316 g/mol. The van der Waals surface area contributed by atoms with Crippen molar-refractivity contribution >= 4 is 17.8 Å². The summed E-state index contributed by atoms with van der Waals surface area (Å²) in [6.45, 7) is 0.0239. The molecule has 1 aromatic rings. The quantitative estimate of drug-likeness (QED) is 0.860. The Labute approximate surface area is 134 Å². The molecule has 7 heteroatoms. The lowest BCUT2D eigenvalue weighted by Gasteiger charge is -2.39. The van der Waals surface area contributed by atoms with Gasteiger partial charge in [-0.05, 0) is 25.0 Å². The minimum absolute atomic E-state index is 0.0726. The Morgan fingerprint density at radius 3 is 2.91 bits per heavy atom. The first kappa shape index (κ1) is 15.5. The summed E-state index contributed by atoms with van der Waals surface area (Å²) in [6, 6.07) is 4.89. The first-order valence-corrected chi connectivity index (χ1v) is 7.93. The fraction of sp³-hybridized carbons (Fsp3) is 0.500. The van der Waals surface area contributed by atoms with Gasteiger partial charge < -0.3 is 10.6 Å². The van der Waals surface area contributed by atoms with Crippen LogP contribution in [0.25, 0.3) is 0 Å². The third kappa shape index (κ3) is 3.49. The fourth-order valence-electron chi connectivity index (χ4n) is 3.18. The number of pyridine rings is 1. The zero-order chi connectivity index (χ0) is 16.2. The predicted molar refractivity (Wildman–Crippen MR) is 82.1 cm³/mol. The molecule has 1 saturated heterocycles. The van der Waals surface area contributed by atoms with Crippen LogP contribution in [0.5, 0.6) is 0 Å². The summed E-state index contributed by atoms with van der Waals surface area (Å²) >= 11 is 0. The van der Waals surface area contributed by atoms with E-state index in [2.05, 4.69) is 15.6 Å². The second-order valence-corrected chi connectivity index (χ2v) is 5.97. The van der Waals surface area contributed by atoms with Crippen molar-refractivity contribution in [3.05, 3.63) is 30.1 Å². The second kappa shape index (κ2) is 6.76. The van der Waals surface area contributed by atoms with Crippen molar-refractivity contribution in [2.45, 2.75) is 38.3 Å². The number of imide groups is 1. The maximum atomic E-state index is 12.5. The van der Waals surface area contributed by atoms with E-state index in [-0.39, 0.29) is 36.9 Å². The van der Waals surface area contributed by atoms with Crippen LogP contribution in [0, 0.1) is 5.92 Å². The van der Waals surface area contributed by atoms with Crippen LogP contribution in [0.15, 0.2) is 24.4 Å². The lowest BCUT2D eigenvalue weighted by atomic mass is 9.82. The number of urea groups is 1. The average Bonchev–Trinajstić information content (AvgIpc) is 2.58. The van der Waals surface area contributed by atoms with Crippen molar-refractivity contribution in [2.75, 3.05) is 6.54 Å². The van der Waals surface area contributed by atoms with E-state index in [0.29, 0.717) is 0 Å². The number of nitrogens with zero attached hydrogens (tertiary/aromatic N) is 2. The first-order valence-electron chi connectivity index (χ1n) is 7.93. The van der Waals surface area contributed by atoms with Crippen LogP contribution in [0.3, 0.4) is 0 Å². The van der Waals surface area contributed by atoms with Crippen LogP contribution in [0.2, 0.25) is 0 Å². The van der Waals surface area contributed by atoms with E-state index >= 15 is 0 Å². The number of hydrogen-bond donors (Lipinski definition) is 2. The maximum absolute atomic E-state index is 12.5. The second-order valence-electron chi connectivity index (χ2n) is 5.97. The highest BCUT2D eigenvalue weighted by Crippen LogP contribution is 2.29. The molecule has 2 heterocycles. The highest BCUT2D eigenvalue weighted by atomic mass is 16.2. The molecule has 3 rings (SSSR count). The van der Waals surface area contributed by atoms with Crippen LogP contribution in [0.4, 0.5) is 4.79 Å². The monoisotopic (exact) mass is 316 g/mol. The van der Waals surface area contributed by atoms with E-state index in [0.717, 1.165) is 36.3 Å². The summed E-state index contributed by atoms with van der Waals surface area (Å²) in [6.07, 6.45) is 5.27. The largest absolute Gasteiger partial charge is 0.349 e. The lowest BCUT2D eigenvalue weighted by Crippen LogP contribution is -2.62. The Morgan fingerprint density at radius 2 is 2.13 bits per heavy atom. The maximum Gasteiger partial charge on any atom is 0.324 e. The molecular formula is C16H20N4O3. The van der Waals surface area contributed by atoms with Crippen molar-refractivity contribution in [1.82, 2.24) is 20.5 Å². The summed E-state index contributed by atoms with van der Waals surface area (Å²) in [5.41, 5.74) is 0.725. The van der Waals surface area contributed by atoms with E-state index in [9.17, 15) is 14.4 Å². The Kier molecular flexibility index (Phi) is 4.55. The molecule has 7 nitrogen and oxygen atoms in total. The number of aromatic nitrogens is 1. The molecule has 2 unspecified atom stereocenters. The summed E-state index contributed by atoms with van der Waals surface area (Å²) in [7, 11) is 0. The minimum atomic E-state index is -0.467. The van der Waals surface area contributed by atoms with E-state index in [4.69, 9.17) is 0 Å². The standard InChI is InChI=1S/C16H20N4O3/c21-14(18-9-11-5-3-4-8-17-11)10-20-15(22)12-6-1-2-7-13(12)19-16(20)23/h3-5,8,12-13H,1-2,6-7,9-10H2,(H,18,21)(H,19,23). The van der Waals surface area contributed by atoms with Crippen LogP contribution >= 0.6 is 0 Å². The SMILES string of the molecule is O=C(CN1C(=O)NC2CCCCC2C1=O)NCc1ccccn1.